The monoisotopic (exact) mass is 251 g/mol. The standard InChI is InChI=1S/C11H17N5O2/c1-8-5-9(3-4-15(8)2)14-11-12-6-10(7-13-11)16(17)18/h6-9H,3-5H2,1-2H3,(H,12,13,14). The molecule has 98 valence electrons. The number of piperidine rings is 1. The van der Waals surface area contributed by atoms with Gasteiger partial charge in [0, 0.05) is 18.6 Å². The van der Waals surface area contributed by atoms with E-state index in [0.717, 1.165) is 19.4 Å². The second-order valence-electron chi connectivity index (χ2n) is 4.72. The van der Waals surface area contributed by atoms with Gasteiger partial charge in [0.25, 0.3) is 0 Å². The topological polar surface area (TPSA) is 84.2 Å². The molecule has 1 aliphatic heterocycles. The van der Waals surface area contributed by atoms with E-state index in [-0.39, 0.29) is 5.69 Å². The van der Waals surface area contributed by atoms with Gasteiger partial charge in [-0.2, -0.15) is 0 Å². The molecule has 0 aliphatic carbocycles. The summed E-state index contributed by atoms with van der Waals surface area (Å²) < 4.78 is 0. The second-order valence-corrected chi connectivity index (χ2v) is 4.72. The van der Waals surface area contributed by atoms with Crippen LogP contribution >= 0.6 is 0 Å². The maximum Gasteiger partial charge on any atom is 0.305 e. The zero-order valence-electron chi connectivity index (χ0n) is 10.5. The first-order valence-electron chi connectivity index (χ1n) is 5.99. The lowest BCUT2D eigenvalue weighted by molar-refractivity contribution is -0.385. The first-order valence-corrected chi connectivity index (χ1v) is 5.99. The lowest BCUT2D eigenvalue weighted by Crippen LogP contribution is -2.42. The number of aromatic nitrogens is 2. The molecule has 1 fully saturated rings. The fourth-order valence-corrected chi connectivity index (χ4v) is 2.09. The van der Waals surface area contributed by atoms with Gasteiger partial charge in [-0.05, 0) is 26.8 Å². The van der Waals surface area contributed by atoms with Crippen LogP contribution in [0.25, 0.3) is 0 Å². The van der Waals surface area contributed by atoms with E-state index in [9.17, 15) is 10.1 Å². The molecule has 7 nitrogen and oxygen atoms in total. The molecule has 1 N–H and O–H groups in total. The van der Waals surface area contributed by atoms with Gasteiger partial charge in [0.1, 0.15) is 12.4 Å². The quantitative estimate of drug-likeness (QED) is 0.643. The molecule has 0 radical (unpaired) electrons. The predicted molar refractivity (Wildman–Crippen MR) is 67.4 cm³/mol. The third-order valence-corrected chi connectivity index (χ3v) is 3.39. The van der Waals surface area contributed by atoms with Gasteiger partial charge in [-0.3, -0.25) is 10.1 Å². The summed E-state index contributed by atoms with van der Waals surface area (Å²) in [4.78, 5) is 20.2. The van der Waals surface area contributed by atoms with Crippen LogP contribution in [-0.4, -0.2) is 45.5 Å². The summed E-state index contributed by atoms with van der Waals surface area (Å²) in [5.74, 6) is 0.461. The van der Waals surface area contributed by atoms with Gasteiger partial charge in [0.2, 0.25) is 5.95 Å². The van der Waals surface area contributed by atoms with Crippen molar-refractivity contribution in [1.82, 2.24) is 14.9 Å². The van der Waals surface area contributed by atoms with Crippen molar-refractivity contribution in [3.8, 4) is 0 Å². The van der Waals surface area contributed by atoms with Crippen LogP contribution in [-0.2, 0) is 0 Å². The Balaban J connectivity index is 1.95. The Hall–Kier alpha value is -1.76. The molecule has 1 aliphatic rings. The minimum atomic E-state index is -0.499. The molecule has 0 aromatic carbocycles. The Labute approximate surface area is 105 Å². The van der Waals surface area contributed by atoms with Crippen molar-refractivity contribution in [3.63, 3.8) is 0 Å². The van der Waals surface area contributed by atoms with Crippen molar-refractivity contribution < 1.29 is 4.92 Å². The SMILES string of the molecule is CC1CC(Nc2ncc([N+](=O)[O-])cn2)CCN1C. The molecule has 0 bridgehead atoms. The van der Waals surface area contributed by atoms with Crippen LogP contribution in [0.1, 0.15) is 19.8 Å². The third-order valence-electron chi connectivity index (χ3n) is 3.39. The lowest BCUT2D eigenvalue weighted by Gasteiger charge is -2.35. The molecule has 2 heterocycles. The molecule has 0 saturated carbocycles. The van der Waals surface area contributed by atoms with Crippen molar-refractivity contribution in [3.05, 3.63) is 22.5 Å². The Morgan fingerprint density at radius 2 is 2.17 bits per heavy atom. The number of hydrogen-bond acceptors (Lipinski definition) is 6. The number of nitrogens with one attached hydrogen (secondary N) is 1. The summed E-state index contributed by atoms with van der Waals surface area (Å²) in [6, 6.07) is 0.854. The van der Waals surface area contributed by atoms with Crippen LogP contribution in [0.2, 0.25) is 0 Å². The number of likely N-dealkylation sites (tertiary alicyclic amines) is 1. The Morgan fingerprint density at radius 1 is 1.50 bits per heavy atom. The molecule has 1 aromatic heterocycles. The number of rotatable bonds is 3. The van der Waals surface area contributed by atoms with E-state index < -0.39 is 4.92 Å². The van der Waals surface area contributed by atoms with E-state index in [0.29, 0.717) is 18.0 Å². The van der Waals surface area contributed by atoms with Crippen LogP contribution < -0.4 is 5.32 Å². The number of anilines is 1. The number of nitrogens with zero attached hydrogens (tertiary/aromatic N) is 4. The van der Waals surface area contributed by atoms with Crippen LogP contribution in [0, 0.1) is 10.1 Å². The molecule has 2 atom stereocenters. The lowest BCUT2D eigenvalue weighted by atomic mass is 9.99. The number of hydrogen-bond donors (Lipinski definition) is 1. The first-order chi connectivity index (χ1) is 8.56. The van der Waals surface area contributed by atoms with E-state index in [4.69, 9.17) is 0 Å². The molecule has 7 heteroatoms. The summed E-state index contributed by atoms with van der Waals surface area (Å²) in [5.41, 5.74) is -0.0858. The molecule has 0 spiro atoms. The van der Waals surface area contributed by atoms with Crippen molar-refractivity contribution in [2.75, 3.05) is 18.9 Å². The zero-order valence-corrected chi connectivity index (χ0v) is 10.5. The number of nitro groups is 1. The van der Waals surface area contributed by atoms with E-state index in [1.165, 1.54) is 12.4 Å². The van der Waals surface area contributed by atoms with Crippen LogP contribution in [0.5, 0.6) is 0 Å². The van der Waals surface area contributed by atoms with Gasteiger partial charge < -0.3 is 10.2 Å². The van der Waals surface area contributed by atoms with Gasteiger partial charge in [0.05, 0.1) is 4.92 Å². The Kier molecular flexibility index (Phi) is 3.71. The third kappa shape index (κ3) is 2.92. The highest BCUT2D eigenvalue weighted by Gasteiger charge is 2.23. The summed E-state index contributed by atoms with van der Waals surface area (Å²) in [6.45, 7) is 3.22. The van der Waals surface area contributed by atoms with E-state index >= 15 is 0 Å². The van der Waals surface area contributed by atoms with Crippen molar-refractivity contribution in [2.24, 2.45) is 0 Å². The minimum absolute atomic E-state index is 0.0858. The maximum atomic E-state index is 10.5. The van der Waals surface area contributed by atoms with Crippen LogP contribution in [0.4, 0.5) is 11.6 Å². The smallest absolute Gasteiger partial charge is 0.305 e. The van der Waals surface area contributed by atoms with Crippen molar-refractivity contribution >= 4 is 11.6 Å². The molecule has 18 heavy (non-hydrogen) atoms. The Bertz CT molecular complexity index is 422. The van der Waals surface area contributed by atoms with E-state index in [2.05, 4.69) is 34.2 Å². The zero-order chi connectivity index (χ0) is 13.1. The minimum Gasteiger partial charge on any atom is -0.351 e. The van der Waals surface area contributed by atoms with Crippen molar-refractivity contribution in [1.29, 1.82) is 0 Å². The predicted octanol–water partition coefficient (Wildman–Crippen LogP) is 1.28. The van der Waals surface area contributed by atoms with Gasteiger partial charge in [-0.25, -0.2) is 9.97 Å². The normalized spacial score (nSPS) is 24.8. The van der Waals surface area contributed by atoms with Gasteiger partial charge in [-0.15, -0.1) is 0 Å². The van der Waals surface area contributed by atoms with Gasteiger partial charge in [-0.1, -0.05) is 0 Å². The maximum absolute atomic E-state index is 10.5. The summed E-state index contributed by atoms with van der Waals surface area (Å²) in [7, 11) is 2.11. The van der Waals surface area contributed by atoms with Gasteiger partial charge in [0.15, 0.2) is 0 Å². The highest BCUT2D eigenvalue weighted by atomic mass is 16.6. The van der Waals surface area contributed by atoms with Crippen molar-refractivity contribution in [2.45, 2.75) is 31.8 Å². The summed E-state index contributed by atoms with van der Waals surface area (Å²) in [6.07, 6.45) is 4.51. The van der Waals surface area contributed by atoms with Crippen LogP contribution in [0.3, 0.4) is 0 Å². The largest absolute Gasteiger partial charge is 0.351 e. The van der Waals surface area contributed by atoms with E-state index in [1.54, 1.807) is 0 Å². The molecule has 1 aromatic rings. The van der Waals surface area contributed by atoms with Crippen LogP contribution in [0.15, 0.2) is 12.4 Å². The molecular formula is C11H17N5O2. The summed E-state index contributed by atoms with van der Waals surface area (Å²) >= 11 is 0. The molecule has 2 rings (SSSR count). The van der Waals surface area contributed by atoms with E-state index in [1.807, 2.05) is 0 Å². The molecular weight excluding hydrogens is 234 g/mol. The first kappa shape index (κ1) is 12.7. The van der Waals surface area contributed by atoms with Gasteiger partial charge >= 0.3 is 5.69 Å². The molecule has 2 unspecified atom stereocenters. The Morgan fingerprint density at radius 3 is 2.72 bits per heavy atom. The fourth-order valence-electron chi connectivity index (χ4n) is 2.09. The molecule has 0 amide bonds. The average molecular weight is 251 g/mol. The summed E-state index contributed by atoms with van der Waals surface area (Å²) in [5, 5.41) is 13.7. The highest BCUT2D eigenvalue weighted by Crippen LogP contribution is 2.18. The fraction of sp³-hybridized carbons (Fsp3) is 0.636. The highest BCUT2D eigenvalue weighted by molar-refractivity contribution is 5.31. The average Bonchev–Trinajstić information content (AvgIpc) is 2.34. The second kappa shape index (κ2) is 5.26. The molecule has 1 saturated heterocycles.